The number of fused-ring (bicyclic) bond motifs is 2. The van der Waals surface area contributed by atoms with Gasteiger partial charge in [-0.25, -0.2) is 19.5 Å². The number of aryl methyl sites for hydroxylation is 1. The molecule has 1 fully saturated rings. The van der Waals surface area contributed by atoms with Crippen molar-refractivity contribution in [2.75, 3.05) is 38.1 Å². The minimum Gasteiger partial charge on any atom is -0.422 e. The van der Waals surface area contributed by atoms with Crippen LogP contribution in [0.3, 0.4) is 0 Å². The van der Waals surface area contributed by atoms with Crippen LogP contribution in [0.5, 0.6) is 0 Å². The summed E-state index contributed by atoms with van der Waals surface area (Å²) in [5.41, 5.74) is 1.29. The highest BCUT2D eigenvalue weighted by atomic mass is 32.1. The highest BCUT2D eigenvalue weighted by molar-refractivity contribution is 7.09. The number of benzene rings is 1. The Morgan fingerprint density at radius 3 is 2.62 bits per heavy atom. The van der Waals surface area contributed by atoms with Gasteiger partial charge in [-0.1, -0.05) is 18.7 Å². The van der Waals surface area contributed by atoms with E-state index in [1.165, 1.54) is 6.92 Å². The first-order chi connectivity index (χ1) is 15.4. The van der Waals surface area contributed by atoms with Gasteiger partial charge in [0.2, 0.25) is 6.29 Å². The third-order valence-corrected chi connectivity index (χ3v) is 6.28. The molecule has 8 nitrogen and oxygen atoms in total. The van der Waals surface area contributed by atoms with Crippen molar-refractivity contribution >= 4 is 40.6 Å². The van der Waals surface area contributed by atoms with Gasteiger partial charge in [0, 0.05) is 44.1 Å². The number of hydrogen-bond acceptors (Lipinski definition) is 8. The number of rotatable bonds is 4. The summed E-state index contributed by atoms with van der Waals surface area (Å²) in [5, 5.41) is 0.890. The molecular formula is C23H26N4O4S. The van der Waals surface area contributed by atoms with E-state index in [-0.39, 0.29) is 0 Å². The number of anilines is 1. The van der Waals surface area contributed by atoms with Crippen LogP contribution in [-0.2, 0) is 14.3 Å². The van der Waals surface area contributed by atoms with Gasteiger partial charge in [-0.15, -0.1) is 11.3 Å². The van der Waals surface area contributed by atoms with E-state index in [4.69, 9.17) is 14.5 Å². The summed E-state index contributed by atoms with van der Waals surface area (Å²) < 4.78 is 11.5. The predicted molar refractivity (Wildman–Crippen MR) is 123 cm³/mol. The molecule has 2 aliphatic heterocycles. The molecule has 3 heterocycles. The number of esters is 1. The second-order valence-corrected chi connectivity index (χ2v) is 8.95. The second-order valence-electron chi connectivity index (χ2n) is 7.72. The Morgan fingerprint density at radius 1 is 1.19 bits per heavy atom. The molecule has 2 aromatic rings. The molecule has 0 N–H and O–H groups in total. The Bertz CT molecular complexity index is 1170. The average molecular weight is 455 g/mol. The van der Waals surface area contributed by atoms with Crippen molar-refractivity contribution in [2.24, 2.45) is 4.99 Å². The van der Waals surface area contributed by atoms with Crippen LogP contribution < -0.4 is 14.8 Å². The lowest BCUT2D eigenvalue weighted by Gasteiger charge is -2.39. The van der Waals surface area contributed by atoms with Crippen molar-refractivity contribution in [3.05, 3.63) is 57.8 Å². The Kier molecular flexibility index (Phi) is 6.29. The lowest BCUT2D eigenvalue weighted by molar-refractivity contribution is -0.158. The van der Waals surface area contributed by atoms with Gasteiger partial charge in [0.25, 0.3) is 0 Å². The lowest BCUT2D eigenvalue weighted by atomic mass is 10.2. The first kappa shape index (κ1) is 22.0. The van der Waals surface area contributed by atoms with Crippen molar-refractivity contribution in [3.8, 4) is 0 Å². The quantitative estimate of drug-likeness (QED) is 0.401. The molecule has 1 atom stereocenters. The lowest BCUT2D eigenvalue weighted by Crippen LogP contribution is -2.51. The highest BCUT2D eigenvalue weighted by Gasteiger charge is 2.33. The summed E-state index contributed by atoms with van der Waals surface area (Å²) in [6, 6.07) is 9.54. The summed E-state index contributed by atoms with van der Waals surface area (Å²) in [6.45, 7) is 10.2. The fourth-order valence-corrected chi connectivity index (χ4v) is 4.67. The van der Waals surface area contributed by atoms with Crippen molar-refractivity contribution in [1.82, 2.24) is 9.80 Å². The third kappa shape index (κ3) is 4.39. The summed E-state index contributed by atoms with van der Waals surface area (Å²) >= 11 is 1.59. The summed E-state index contributed by atoms with van der Waals surface area (Å²) in [5.74, 6) is 0.0778. The molecule has 0 spiro atoms. The van der Waals surface area contributed by atoms with E-state index in [1.54, 1.807) is 16.2 Å². The van der Waals surface area contributed by atoms with Gasteiger partial charge in [0.05, 0.1) is 16.6 Å². The zero-order chi connectivity index (χ0) is 22.8. The van der Waals surface area contributed by atoms with Crippen molar-refractivity contribution in [1.29, 1.82) is 0 Å². The molecule has 0 bridgehead atoms. The SMILES string of the molecule is C=CC(=O)OC(C)OC(=O)N1C(N2CCN(C)CC2)=c2cc(C)sc2=Nc2ccccc21. The molecule has 0 radical (unpaired) electrons. The van der Waals surface area contributed by atoms with Gasteiger partial charge in [0.1, 0.15) is 10.5 Å². The van der Waals surface area contributed by atoms with Crippen LogP contribution in [0, 0.1) is 6.92 Å². The molecule has 9 heteroatoms. The van der Waals surface area contributed by atoms with E-state index >= 15 is 0 Å². The van der Waals surface area contributed by atoms with Gasteiger partial charge in [-0.2, -0.15) is 0 Å². The fraction of sp³-hybridized carbons (Fsp3) is 0.348. The number of thiophene rings is 1. The molecular weight excluding hydrogens is 428 g/mol. The van der Waals surface area contributed by atoms with E-state index in [0.29, 0.717) is 11.4 Å². The number of ether oxygens (including phenoxy) is 2. The topological polar surface area (TPSA) is 74.7 Å². The van der Waals surface area contributed by atoms with Crippen molar-refractivity contribution in [2.45, 2.75) is 20.1 Å². The Labute approximate surface area is 190 Å². The molecule has 168 valence electrons. The molecule has 0 aliphatic carbocycles. The molecule has 32 heavy (non-hydrogen) atoms. The van der Waals surface area contributed by atoms with Gasteiger partial charge in [-0.05, 0) is 32.2 Å². The molecule has 1 saturated heterocycles. The molecule has 1 aromatic carbocycles. The van der Waals surface area contributed by atoms with Gasteiger partial charge >= 0.3 is 12.1 Å². The van der Waals surface area contributed by atoms with Gasteiger partial charge in [0.15, 0.2) is 0 Å². The maximum Gasteiger partial charge on any atom is 0.423 e. The average Bonchev–Trinajstić information content (AvgIpc) is 3.06. The molecule has 2 aliphatic rings. The smallest absolute Gasteiger partial charge is 0.422 e. The maximum absolute atomic E-state index is 13.5. The highest BCUT2D eigenvalue weighted by Crippen LogP contribution is 2.34. The summed E-state index contributed by atoms with van der Waals surface area (Å²) in [6.07, 6.45) is -0.674. The van der Waals surface area contributed by atoms with Crippen LogP contribution >= 0.6 is 11.3 Å². The van der Waals surface area contributed by atoms with Gasteiger partial charge < -0.3 is 19.3 Å². The van der Waals surface area contributed by atoms with Crippen LogP contribution in [0.25, 0.3) is 5.82 Å². The molecule has 1 amide bonds. The standard InChI is InChI=1S/C23H26N4O4S/c1-5-20(28)30-16(3)31-23(29)27-19-9-7-6-8-18(19)24-21-17(14-15(2)32-21)22(27)26-12-10-25(4)11-13-26/h5-9,14,16H,1,10-13H2,2-4H3. The largest absolute Gasteiger partial charge is 0.423 e. The van der Waals surface area contributed by atoms with Crippen LogP contribution in [-0.4, -0.2) is 61.4 Å². The van der Waals surface area contributed by atoms with E-state index < -0.39 is 18.4 Å². The molecule has 0 saturated carbocycles. The van der Waals surface area contributed by atoms with E-state index in [1.807, 2.05) is 31.2 Å². The monoisotopic (exact) mass is 454 g/mol. The summed E-state index contributed by atoms with van der Waals surface area (Å²) in [4.78, 5) is 37.1. The molecule has 1 unspecified atom stereocenters. The number of piperazine rings is 1. The number of likely N-dealkylation sites (N-methyl/N-ethyl adjacent to an activating group) is 1. The minimum absolute atomic E-state index is 0.620. The van der Waals surface area contributed by atoms with Crippen molar-refractivity contribution < 1.29 is 19.1 Å². The minimum atomic E-state index is -1.07. The normalized spacial score (nSPS) is 16.9. The zero-order valence-corrected chi connectivity index (χ0v) is 19.2. The van der Waals surface area contributed by atoms with Crippen molar-refractivity contribution in [3.63, 3.8) is 0 Å². The fourth-order valence-electron chi connectivity index (χ4n) is 3.78. The zero-order valence-electron chi connectivity index (χ0n) is 18.4. The number of para-hydroxylation sites is 2. The Balaban J connectivity index is 1.84. The van der Waals surface area contributed by atoms with E-state index in [9.17, 15) is 9.59 Å². The third-order valence-electron chi connectivity index (χ3n) is 5.33. The predicted octanol–water partition coefficient (Wildman–Crippen LogP) is 2.35. The van der Waals surface area contributed by atoms with Crippen LogP contribution in [0.2, 0.25) is 0 Å². The Morgan fingerprint density at radius 2 is 1.91 bits per heavy atom. The van der Waals surface area contributed by atoms with Crippen LogP contribution in [0.4, 0.5) is 16.2 Å². The number of nitrogens with zero attached hydrogens (tertiary/aromatic N) is 4. The maximum atomic E-state index is 13.5. The molecule has 1 aromatic heterocycles. The number of carbonyl (C=O) groups excluding carboxylic acids is 2. The first-order valence-corrected chi connectivity index (χ1v) is 11.2. The Hall–Kier alpha value is -3.17. The first-order valence-electron chi connectivity index (χ1n) is 10.4. The van der Waals surface area contributed by atoms with Crippen LogP contribution in [0.15, 0.2) is 48.0 Å². The van der Waals surface area contributed by atoms with Gasteiger partial charge in [-0.3, -0.25) is 0 Å². The van der Waals surface area contributed by atoms with E-state index in [2.05, 4.69) is 29.5 Å². The summed E-state index contributed by atoms with van der Waals surface area (Å²) in [7, 11) is 2.08. The number of hydrogen-bond donors (Lipinski definition) is 0. The molecule has 4 rings (SSSR count). The van der Waals surface area contributed by atoms with Crippen LogP contribution in [0.1, 0.15) is 11.8 Å². The second kappa shape index (κ2) is 9.13. The number of amides is 1. The van der Waals surface area contributed by atoms with E-state index in [0.717, 1.165) is 52.8 Å². The number of carbonyl (C=O) groups is 2.